The monoisotopic (exact) mass is 433 g/mol. The fraction of sp³-hybridized carbons (Fsp3) is 0.409. The highest BCUT2D eigenvalue weighted by molar-refractivity contribution is 7.89. The number of likely N-dealkylation sites (N-methyl/N-ethyl adjacent to an activating group) is 1. The maximum Gasteiger partial charge on any atom is 0.240 e. The van der Waals surface area contributed by atoms with Crippen molar-refractivity contribution in [3.05, 3.63) is 66.0 Å². The lowest BCUT2D eigenvalue weighted by molar-refractivity contribution is -0.136. The van der Waals surface area contributed by atoms with Gasteiger partial charge in [0, 0.05) is 32.7 Å². The van der Waals surface area contributed by atoms with Crippen LogP contribution in [0.1, 0.15) is 25.3 Å². The van der Waals surface area contributed by atoms with Gasteiger partial charge in [-0.1, -0.05) is 30.3 Å². The predicted molar refractivity (Wildman–Crippen MR) is 114 cm³/mol. The van der Waals surface area contributed by atoms with Gasteiger partial charge >= 0.3 is 0 Å². The Bertz CT molecular complexity index is 961. The van der Waals surface area contributed by atoms with E-state index in [0.717, 1.165) is 5.56 Å². The van der Waals surface area contributed by atoms with Crippen LogP contribution in [0.2, 0.25) is 0 Å². The molecule has 1 fully saturated rings. The number of nitrogens with one attached hydrogen (secondary N) is 1. The Hall–Kier alpha value is -2.29. The number of carbonyl (C=O) groups excluding carboxylic acids is 1. The second kappa shape index (κ2) is 9.68. The normalized spacial score (nSPS) is 16.9. The van der Waals surface area contributed by atoms with E-state index in [1.54, 1.807) is 54.4 Å². The third-order valence-electron chi connectivity index (χ3n) is 5.49. The van der Waals surface area contributed by atoms with Gasteiger partial charge in [0.1, 0.15) is 5.82 Å². The highest BCUT2D eigenvalue weighted by Gasteiger charge is 2.30. The second-order valence-electron chi connectivity index (χ2n) is 7.74. The van der Waals surface area contributed by atoms with Gasteiger partial charge in [-0.2, -0.15) is 0 Å². The minimum Gasteiger partial charge on any atom is -0.340 e. The molecule has 162 valence electrons. The molecule has 2 aromatic carbocycles. The van der Waals surface area contributed by atoms with Gasteiger partial charge in [-0.3, -0.25) is 9.69 Å². The van der Waals surface area contributed by atoms with Crippen LogP contribution in [-0.4, -0.2) is 56.3 Å². The molecule has 0 aliphatic carbocycles. The molecule has 2 aromatic rings. The summed E-state index contributed by atoms with van der Waals surface area (Å²) in [7, 11) is -1.83. The van der Waals surface area contributed by atoms with Gasteiger partial charge in [-0.15, -0.1) is 0 Å². The molecular weight excluding hydrogens is 405 g/mol. The molecule has 1 aliphatic rings. The lowest BCUT2D eigenvalue weighted by Gasteiger charge is -2.36. The molecule has 1 amide bonds. The van der Waals surface area contributed by atoms with E-state index in [0.29, 0.717) is 32.5 Å². The van der Waals surface area contributed by atoms with Gasteiger partial charge in [-0.05, 0) is 49.6 Å². The van der Waals surface area contributed by atoms with E-state index in [1.807, 2.05) is 6.92 Å². The Kier molecular flexibility index (Phi) is 7.23. The summed E-state index contributed by atoms with van der Waals surface area (Å²) in [6.07, 6.45) is 1.27. The van der Waals surface area contributed by atoms with Crippen LogP contribution in [-0.2, 0) is 21.4 Å². The van der Waals surface area contributed by atoms with Crippen LogP contribution in [0.25, 0.3) is 0 Å². The molecule has 0 spiro atoms. The molecule has 1 N–H and O–H groups in total. The molecule has 0 saturated carbocycles. The van der Waals surface area contributed by atoms with Crippen LogP contribution in [0.15, 0.2) is 59.5 Å². The summed E-state index contributed by atoms with van der Waals surface area (Å²) >= 11 is 0. The molecule has 1 heterocycles. The molecule has 8 heteroatoms. The van der Waals surface area contributed by atoms with Crippen LogP contribution in [0.4, 0.5) is 4.39 Å². The fourth-order valence-corrected chi connectivity index (χ4v) is 5.08. The minimum absolute atomic E-state index is 0.0393. The minimum atomic E-state index is -3.54. The maximum atomic E-state index is 13.4. The number of rotatable bonds is 7. The van der Waals surface area contributed by atoms with Gasteiger partial charge in [0.2, 0.25) is 15.9 Å². The van der Waals surface area contributed by atoms with Crippen LogP contribution in [0.5, 0.6) is 0 Å². The zero-order chi connectivity index (χ0) is 21.7. The molecule has 0 radical (unpaired) electrons. The summed E-state index contributed by atoms with van der Waals surface area (Å²) in [4.78, 5) is 16.7. The van der Waals surface area contributed by atoms with Crippen molar-refractivity contribution in [1.82, 2.24) is 14.5 Å². The first-order valence-electron chi connectivity index (χ1n) is 10.1. The number of likely N-dealkylation sites (tertiary alicyclic amines) is 1. The second-order valence-corrected chi connectivity index (χ2v) is 9.46. The molecule has 6 nitrogen and oxygen atoms in total. The van der Waals surface area contributed by atoms with Crippen LogP contribution in [0.3, 0.4) is 0 Å². The predicted octanol–water partition coefficient (Wildman–Crippen LogP) is 2.62. The van der Waals surface area contributed by atoms with Gasteiger partial charge in [0.25, 0.3) is 0 Å². The number of sulfonamides is 1. The molecule has 30 heavy (non-hydrogen) atoms. The number of carbonyl (C=O) groups is 1. The van der Waals surface area contributed by atoms with Crippen molar-refractivity contribution in [3.63, 3.8) is 0 Å². The Balaban J connectivity index is 1.52. The molecule has 1 atom stereocenters. The van der Waals surface area contributed by atoms with Crippen molar-refractivity contribution in [2.24, 2.45) is 0 Å². The Morgan fingerprint density at radius 3 is 2.47 bits per heavy atom. The highest BCUT2D eigenvalue weighted by Crippen LogP contribution is 2.18. The van der Waals surface area contributed by atoms with Gasteiger partial charge < -0.3 is 4.90 Å². The van der Waals surface area contributed by atoms with Crippen LogP contribution in [0, 0.1) is 5.82 Å². The van der Waals surface area contributed by atoms with Gasteiger partial charge in [0.15, 0.2) is 0 Å². The summed E-state index contributed by atoms with van der Waals surface area (Å²) < 4.78 is 41.1. The number of amides is 1. The summed E-state index contributed by atoms with van der Waals surface area (Å²) in [5.41, 5.74) is 0.743. The first-order chi connectivity index (χ1) is 14.3. The Labute approximate surface area is 177 Å². The third-order valence-corrected chi connectivity index (χ3v) is 7.03. The summed E-state index contributed by atoms with van der Waals surface area (Å²) in [6, 6.07) is 14.1. The smallest absolute Gasteiger partial charge is 0.240 e. The third kappa shape index (κ3) is 5.65. The standard InChI is InChI=1S/C22H28FN3O3S/c1-17(22(27)25(2)16-18-7-6-8-19(23)15-18)26-13-11-20(12-14-26)24-30(28,29)21-9-4-3-5-10-21/h3-10,15,17,20,24H,11-14,16H2,1-2H3/t17-/m1/s1. The van der Waals surface area contributed by atoms with E-state index in [4.69, 9.17) is 0 Å². The average molecular weight is 434 g/mol. The van der Waals surface area contributed by atoms with Crippen molar-refractivity contribution < 1.29 is 17.6 Å². The van der Waals surface area contributed by atoms with Crippen molar-refractivity contribution >= 4 is 15.9 Å². The highest BCUT2D eigenvalue weighted by atomic mass is 32.2. The van der Waals surface area contributed by atoms with E-state index in [9.17, 15) is 17.6 Å². The van der Waals surface area contributed by atoms with E-state index in [1.165, 1.54) is 12.1 Å². The first-order valence-corrected chi connectivity index (χ1v) is 11.6. The van der Waals surface area contributed by atoms with E-state index in [-0.39, 0.29) is 28.7 Å². The molecule has 3 rings (SSSR count). The molecular formula is C22H28FN3O3S. The number of nitrogens with zero attached hydrogens (tertiary/aromatic N) is 2. The molecule has 1 saturated heterocycles. The quantitative estimate of drug-likeness (QED) is 0.729. The largest absolute Gasteiger partial charge is 0.340 e. The zero-order valence-electron chi connectivity index (χ0n) is 17.3. The topological polar surface area (TPSA) is 69.7 Å². The fourth-order valence-electron chi connectivity index (χ4n) is 3.75. The lowest BCUT2D eigenvalue weighted by atomic mass is 10.0. The summed E-state index contributed by atoms with van der Waals surface area (Å²) in [6.45, 7) is 3.46. The van der Waals surface area contributed by atoms with Gasteiger partial charge in [-0.25, -0.2) is 17.5 Å². The van der Waals surface area contributed by atoms with Crippen molar-refractivity contribution in [1.29, 1.82) is 0 Å². The van der Waals surface area contributed by atoms with Crippen molar-refractivity contribution in [3.8, 4) is 0 Å². The molecule has 1 aliphatic heterocycles. The number of hydrogen-bond acceptors (Lipinski definition) is 4. The lowest BCUT2D eigenvalue weighted by Crippen LogP contribution is -2.51. The van der Waals surface area contributed by atoms with Crippen molar-refractivity contribution in [2.45, 2.75) is 43.3 Å². The summed E-state index contributed by atoms with van der Waals surface area (Å²) in [5.74, 6) is -0.357. The Morgan fingerprint density at radius 1 is 1.17 bits per heavy atom. The number of halogens is 1. The van der Waals surface area contributed by atoms with Crippen LogP contribution >= 0.6 is 0 Å². The molecule has 0 bridgehead atoms. The SMILES string of the molecule is C[C@H](C(=O)N(C)Cc1cccc(F)c1)N1CCC(NS(=O)(=O)c2ccccc2)CC1. The van der Waals surface area contributed by atoms with Crippen LogP contribution < -0.4 is 4.72 Å². The first kappa shape index (κ1) is 22.4. The molecule has 0 unspecified atom stereocenters. The number of hydrogen-bond donors (Lipinski definition) is 1. The maximum absolute atomic E-state index is 13.4. The van der Waals surface area contributed by atoms with E-state index >= 15 is 0 Å². The van der Waals surface area contributed by atoms with E-state index in [2.05, 4.69) is 9.62 Å². The molecule has 0 aromatic heterocycles. The van der Waals surface area contributed by atoms with Crippen molar-refractivity contribution in [2.75, 3.05) is 20.1 Å². The summed E-state index contributed by atoms with van der Waals surface area (Å²) in [5, 5.41) is 0. The van der Waals surface area contributed by atoms with Gasteiger partial charge in [0.05, 0.1) is 10.9 Å². The van der Waals surface area contributed by atoms with E-state index < -0.39 is 10.0 Å². The average Bonchev–Trinajstić information content (AvgIpc) is 2.73. The number of benzene rings is 2. The number of piperidine rings is 1. The Morgan fingerprint density at radius 2 is 1.83 bits per heavy atom. The zero-order valence-corrected chi connectivity index (χ0v) is 18.1.